The van der Waals surface area contributed by atoms with Crippen LogP contribution in [0.15, 0.2) is 47.9 Å². The van der Waals surface area contributed by atoms with Crippen LogP contribution >= 0.6 is 11.8 Å². The third-order valence-corrected chi connectivity index (χ3v) is 7.31. The third kappa shape index (κ3) is 4.88. The molecule has 1 fully saturated rings. The van der Waals surface area contributed by atoms with Crippen LogP contribution in [0.3, 0.4) is 0 Å². The van der Waals surface area contributed by atoms with Crippen molar-refractivity contribution < 1.29 is 4.79 Å². The molecule has 0 aliphatic heterocycles. The largest absolute Gasteiger partial charge is 0.342 e. The van der Waals surface area contributed by atoms with Crippen molar-refractivity contribution in [2.24, 2.45) is 5.92 Å². The molecule has 0 radical (unpaired) electrons. The summed E-state index contributed by atoms with van der Waals surface area (Å²) in [6.45, 7) is 6.47. The highest BCUT2D eigenvalue weighted by molar-refractivity contribution is 7.99. The zero-order chi connectivity index (χ0) is 22.7. The molecule has 6 nitrogen and oxygen atoms in total. The zero-order valence-corrected chi connectivity index (χ0v) is 20.1. The van der Waals surface area contributed by atoms with Crippen molar-refractivity contribution in [2.75, 3.05) is 12.8 Å². The summed E-state index contributed by atoms with van der Waals surface area (Å²) in [4.78, 5) is 19.2. The highest BCUT2D eigenvalue weighted by atomic mass is 32.2. The maximum Gasteiger partial charge on any atom is 0.233 e. The molecule has 1 aliphatic carbocycles. The monoisotopic (exact) mass is 449 g/mol. The lowest BCUT2D eigenvalue weighted by atomic mass is 9.87. The van der Waals surface area contributed by atoms with Crippen molar-refractivity contribution in [1.82, 2.24) is 24.6 Å². The number of amides is 1. The lowest BCUT2D eigenvalue weighted by Gasteiger charge is -2.33. The molecular formula is C25H31N5OS. The van der Waals surface area contributed by atoms with Crippen molar-refractivity contribution in [3.05, 3.63) is 53.9 Å². The Morgan fingerprint density at radius 1 is 1.16 bits per heavy atom. The fourth-order valence-corrected chi connectivity index (χ4v) is 5.25. The molecule has 0 bridgehead atoms. The van der Waals surface area contributed by atoms with E-state index in [4.69, 9.17) is 0 Å². The van der Waals surface area contributed by atoms with Crippen molar-refractivity contribution >= 4 is 17.7 Å². The molecule has 3 aromatic rings. The first kappa shape index (κ1) is 22.5. The number of hydrogen-bond donors (Lipinski definition) is 0. The predicted octanol–water partition coefficient (Wildman–Crippen LogP) is 5.08. The molecule has 2 heterocycles. The quantitative estimate of drug-likeness (QED) is 0.491. The fraction of sp³-hybridized carbons (Fsp3) is 0.440. The van der Waals surface area contributed by atoms with Gasteiger partial charge >= 0.3 is 0 Å². The van der Waals surface area contributed by atoms with Gasteiger partial charge in [0.25, 0.3) is 0 Å². The topological polar surface area (TPSA) is 63.9 Å². The second-order valence-electron chi connectivity index (χ2n) is 8.88. The number of carbonyl (C=O) groups is 1. The lowest BCUT2D eigenvalue weighted by molar-refractivity contribution is -0.129. The van der Waals surface area contributed by atoms with Crippen molar-refractivity contribution in [3.8, 4) is 17.1 Å². The van der Waals surface area contributed by atoms with E-state index in [1.807, 2.05) is 28.6 Å². The maximum absolute atomic E-state index is 13.0. The van der Waals surface area contributed by atoms with E-state index in [0.717, 1.165) is 46.6 Å². The minimum Gasteiger partial charge on any atom is -0.342 e. The minimum atomic E-state index is 0.146. The van der Waals surface area contributed by atoms with Crippen LogP contribution in [0.5, 0.6) is 0 Å². The SMILES string of the molecule is Cc1ccc(-n2c(SCC(=O)N(C)C3CCC(C)CC3)nnc2-c2cccnc2)c(C)c1. The molecule has 0 saturated heterocycles. The van der Waals surface area contributed by atoms with Gasteiger partial charge in [0, 0.05) is 31.0 Å². The molecule has 1 aliphatic rings. The maximum atomic E-state index is 13.0. The van der Waals surface area contributed by atoms with Gasteiger partial charge in [-0.1, -0.05) is 36.4 Å². The van der Waals surface area contributed by atoms with Gasteiger partial charge in [-0.15, -0.1) is 10.2 Å². The van der Waals surface area contributed by atoms with E-state index < -0.39 is 0 Å². The number of pyridine rings is 1. The second-order valence-corrected chi connectivity index (χ2v) is 9.82. The standard InChI is InChI=1S/C25H31N5OS/c1-17-7-10-21(11-8-17)29(4)23(31)16-32-25-28-27-24(20-6-5-13-26-15-20)30(25)22-12-9-18(2)14-19(22)3/h5-6,9,12-15,17,21H,7-8,10-11,16H2,1-4H3. The van der Waals surface area contributed by atoms with E-state index in [1.165, 1.54) is 30.2 Å². The van der Waals surface area contributed by atoms with Gasteiger partial charge in [-0.05, 0) is 69.2 Å². The number of carbonyl (C=O) groups excluding carboxylic acids is 1. The van der Waals surface area contributed by atoms with Crippen LogP contribution in [0.25, 0.3) is 17.1 Å². The molecule has 0 N–H and O–H groups in total. The Bertz CT molecular complexity index is 1070. The van der Waals surface area contributed by atoms with Crippen LogP contribution in [0, 0.1) is 19.8 Å². The summed E-state index contributed by atoms with van der Waals surface area (Å²) in [5, 5.41) is 9.66. The Kier molecular flexibility index (Phi) is 6.94. The first-order valence-electron chi connectivity index (χ1n) is 11.3. The Morgan fingerprint density at radius 3 is 2.62 bits per heavy atom. The molecule has 7 heteroatoms. The van der Waals surface area contributed by atoms with Gasteiger partial charge < -0.3 is 4.90 Å². The molecule has 2 aromatic heterocycles. The summed E-state index contributed by atoms with van der Waals surface area (Å²) in [6.07, 6.45) is 8.13. The minimum absolute atomic E-state index is 0.146. The van der Waals surface area contributed by atoms with Gasteiger partial charge in [-0.3, -0.25) is 14.3 Å². The smallest absolute Gasteiger partial charge is 0.233 e. The van der Waals surface area contributed by atoms with Crippen LogP contribution in [-0.4, -0.2) is 49.4 Å². The van der Waals surface area contributed by atoms with Crippen LogP contribution in [0.4, 0.5) is 0 Å². The normalized spacial score (nSPS) is 18.5. The number of rotatable bonds is 6. The van der Waals surface area contributed by atoms with Gasteiger partial charge in [0.1, 0.15) is 0 Å². The first-order chi connectivity index (χ1) is 15.4. The van der Waals surface area contributed by atoms with E-state index in [-0.39, 0.29) is 5.91 Å². The Morgan fingerprint density at radius 2 is 1.94 bits per heavy atom. The lowest BCUT2D eigenvalue weighted by Crippen LogP contribution is -2.40. The average molecular weight is 450 g/mol. The molecule has 1 saturated carbocycles. The molecule has 168 valence electrons. The third-order valence-electron chi connectivity index (χ3n) is 6.40. The van der Waals surface area contributed by atoms with E-state index in [1.54, 1.807) is 12.4 Å². The van der Waals surface area contributed by atoms with E-state index in [0.29, 0.717) is 11.8 Å². The highest BCUT2D eigenvalue weighted by Gasteiger charge is 2.26. The van der Waals surface area contributed by atoms with E-state index in [9.17, 15) is 4.79 Å². The van der Waals surface area contributed by atoms with E-state index in [2.05, 4.69) is 54.2 Å². The molecule has 1 aromatic carbocycles. The van der Waals surface area contributed by atoms with Crippen LogP contribution in [0.2, 0.25) is 0 Å². The summed E-state index contributed by atoms with van der Waals surface area (Å²) in [6, 6.07) is 10.6. The van der Waals surface area contributed by atoms with Crippen molar-refractivity contribution in [1.29, 1.82) is 0 Å². The number of thioether (sulfide) groups is 1. The number of hydrogen-bond acceptors (Lipinski definition) is 5. The van der Waals surface area contributed by atoms with Gasteiger partial charge in [-0.2, -0.15) is 0 Å². The Balaban J connectivity index is 1.59. The molecule has 32 heavy (non-hydrogen) atoms. The van der Waals surface area contributed by atoms with Crippen molar-refractivity contribution in [2.45, 2.75) is 57.7 Å². The summed E-state index contributed by atoms with van der Waals surface area (Å²) in [7, 11) is 1.94. The van der Waals surface area contributed by atoms with Crippen LogP contribution in [-0.2, 0) is 4.79 Å². The van der Waals surface area contributed by atoms with Crippen LogP contribution < -0.4 is 0 Å². The number of benzene rings is 1. The van der Waals surface area contributed by atoms with E-state index >= 15 is 0 Å². The van der Waals surface area contributed by atoms with Gasteiger partial charge in [0.2, 0.25) is 5.91 Å². The first-order valence-corrected chi connectivity index (χ1v) is 12.2. The molecular weight excluding hydrogens is 418 g/mol. The number of aromatic nitrogens is 4. The Labute approximate surface area is 194 Å². The molecule has 0 spiro atoms. The van der Waals surface area contributed by atoms with Crippen molar-refractivity contribution in [3.63, 3.8) is 0 Å². The van der Waals surface area contributed by atoms with Crippen LogP contribution in [0.1, 0.15) is 43.7 Å². The fourth-order valence-electron chi connectivity index (χ4n) is 4.38. The Hall–Kier alpha value is -2.67. The predicted molar refractivity (Wildman–Crippen MR) is 129 cm³/mol. The molecule has 1 amide bonds. The average Bonchev–Trinajstić information content (AvgIpc) is 3.21. The second kappa shape index (κ2) is 9.86. The molecule has 0 unspecified atom stereocenters. The molecule has 4 rings (SSSR count). The van der Waals surface area contributed by atoms with Gasteiger partial charge in [0.05, 0.1) is 11.4 Å². The summed E-state index contributed by atoms with van der Waals surface area (Å²) >= 11 is 1.45. The number of nitrogens with zero attached hydrogens (tertiary/aromatic N) is 5. The summed E-state index contributed by atoms with van der Waals surface area (Å²) in [5.41, 5.74) is 4.25. The molecule has 0 atom stereocenters. The van der Waals surface area contributed by atoms with Gasteiger partial charge in [0.15, 0.2) is 11.0 Å². The number of aryl methyl sites for hydroxylation is 2. The van der Waals surface area contributed by atoms with Gasteiger partial charge in [-0.25, -0.2) is 0 Å². The summed E-state index contributed by atoms with van der Waals surface area (Å²) in [5.74, 6) is 1.99. The zero-order valence-electron chi connectivity index (χ0n) is 19.3. The summed E-state index contributed by atoms with van der Waals surface area (Å²) < 4.78 is 2.05. The highest BCUT2D eigenvalue weighted by Crippen LogP contribution is 2.31.